The zero-order chi connectivity index (χ0) is 17.3. The van der Waals surface area contributed by atoms with Crippen molar-refractivity contribution >= 4 is 22.6 Å². The van der Waals surface area contributed by atoms with Gasteiger partial charge in [-0.1, -0.05) is 12.1 Å². The summed E-state index contributed by atoms with van der Waals surface area (Å²) in [6.07, 6.45) is 0. The van der Waals surface area contributed by atoms with E-state index in [9.17, 15) is 9.59 Å². The van der Waals surface area contributed by atoms with Gasteiger partial charge in [0.05, 0.1) is 5.56 Å². The van der Waals surface area contributed by atoms with Crippen LogP contribution >= 0.6 is 0 Å². The molecule has 0 radical (unpaired) electrons. The van der Waals surface area contributed by atoms with Gasteiger partial charge in [0.25, 0.3) is 0 Å². The van der Waals surface area contributed by atoms with Crippen LogP contribution in [-0.2, 0) is 4.79 Å². The predicted molar refractivity (Wildman–Crippen MR) is 93.6 cm³/mol. The lowest BCUT2D eigenvalue weighted by atomic mass is 10.1. The van der Waals surface area contributed by atoms with E-state index in [0.29, 0.717) is 16.9 Å². The van der Waals surface area contributed by atoms with Crippen LogP contribution in [-0.4, -0.2) is 20.1 Å². The Morgan fingerprint density at radius 2 is 1.75 bits per heavy atom. The molecule has 0 bridgehead atoms. The van der Waals surface area contributed by atoms with Gasteiger partial charge in [-0.3, -0.25) is 4.79 Å². The number of benzene rings is 2. The number of hydrogen-bond donors (Lipinski definition) is 0. The van der Waals surface area contributed by atoms with Gasteiger partial charge in [0.2, 0.25) is 0 Å². The molecule has 5 nitrogen and oxygen atoms in total. The average Bonchev–Trinajstić information content (AvgIpc) is 2.53. The highest BCUT2D eigenvalue weighted by atomic mass is 16.5. The molecule has 0 N–H and O–H groups in total. The first-order chi connectivity index (χ1) is 11.4. The van der Waals surface area contributed by atoms with Crippen molar-refractivity contribution in [1.29, 1.82) is 0 Å². The minimum absolute atomic E-state index is 0.348. The Morgan fingerprint density at radius 1 is 1.04 bits per heavy atom. The molecule has 0 aliphatic heterocycles. The molecule has 5 heteroatoms. The van der Waals surface area contributed by atoms with E-state index in [4.69, 9.17) is 9.15 Å². The van der Waals surface area contributed by atoms with Gasteiger partial charge in [0, 0.05) is 38.2 Å². The molecule has 0 aliphatic rings. The average molecular weight is 323 g/mol. The lowest BCUT2D eigenvalue weighted by molar-refractivity contribution is -0.131. The zero-order valence-corrected chi connectivity index (χ0v) is 13.7. The van der Waals surface area contributed by atoms with Gasteiger partial charge in [-0.05, 0) is 35.9 Å². The van der Waals surface area contributed by atoms with Gasteiger partial charge in [0.1, 0.15) is 11.3 Å². The highest BCUT2D eigenvalue weighted by Gasteiger charge is 2.10. The van der Waals surface area contributed by atoms with Gasteiger partial charge in [0.15, 0.2) is 0 Å². The number of carbonyl (C=O) groups excluding carboxylic acids is 1. The maximum Gasteiger partial charge on any atom is 0.344 e. The van der Waals surface area contributed by atoms with Crippen LogP contribution in [0.1, 0.15) is 6.92 Å². The highest BCUT2D eigenvalue weighted by molar-refractivity contribution is 5.83. The molecule has 0 saturated carbocycles. The van der Waals surface area contributed by atoms with Gasteiger partial charge in [-0.2, -0.15) is 0 Å². The van der Waals surface area contributed by atoms with E-state index < -0.39 is 11.6 Å². The number of esters is 1. The summed E-state index contributed by atoms with van der Waals surface area (Å²) in [5.74, 6) is -0.0736. The lowest BCUT2D eigenvalue weighted by Gasteiger charge is -2.12. The van der Waals surface area contributed by atoms with Crippen molar-refractivity contribution in [2.75, 3.05) is 19.0 Å². The van der Waals surface area contributed by atoms with E-state index in [-0.39, 0.29) is 0 Å². The lowest BCUT2D eigenvalue weighted by Crippen LogP contribution is -2.08. The molecule has 1 aromatic heterocycles. The molecule has 0 spiro atoms. The number of carbonyl (C=O) groups is 1. The second-order valence-electron chi connectivity index (χ2n) is 5.68. The fourth-order valence-corrected chi connectivity index (χ4v) is 2.46. The van der Waals surface area contributed by atoms with Gasteiger partial charge in [-0.15, -0.1) is 0 Å². The van der Waals surface area contributed by atoms with Crippen LogP contribution in [0.2, 0.25) is 0 Å². The molecule has 2 aromatic carbocycles. The fraction of sp³-hybridized carbons (Fsp3) is 0.158. The van der Waals surface area contributed by atoms with Crippen molar-refractivity contribution < 1.29 is 13.9 Å². The van der Waals surface area contributed by atoms with Gasteiger partial charge in [-0.25, -0.2) is 4.79 Å². The van der Waals surface area contributed by atoms with Crippen LogP contribution in [0.4, 0.5) is 5.69 Å². The van der Waals surface area contributed by atoms with Crippen molar-refractivity contribution in [3.8, 4) is 16.9 Å². The standard InChI is InChI=1S/C19H17NO4/c1-12(21)23-16-9-6-14-10-17(19(22)24-18(14)11-16)13-4-7-15(8-5-13)20(2)3/h4-11H,1-3H3. The Kier molecular flexibility index (Phi) is 4.08. The second-order valence-corrected chi connectivity index (χ2v) is 5.68. The molecule has 0 aliphatic carbocycles. The minimum atomic E-state index is -0.430. The third kappa shape index (κ3) is 3.15. The quantitative estimate of drug-likeness (QED) is 0.420. The summed E-state index contributed by atoms with van der Waals surface area (Å²) in [7, 11) is 3.92. The molecular formula is C19H17NO4. The number of ether oxygens (including phenoxy) is 1. The summed E-state index contributed by atoms with van der Waals surface area (Å²) in [4.78, 5) is 25.3. The molecule has 24 heavy (non-hydrogen) atoms. The number of anilines is 1. The largest absolute Gasteiger partial charge is 0.427 e. The number of rotatable bonds is 3. The van der Waals surface area contributed by atoms with Crippen LogP contribution in [0.25, 0.3) is 22.1 Å². The van der Waals surface area contributed by atoms with Crippen molar-refractivity contribution in [3.05, 3.63) is 59.0 Å². The summed E-state index contributed by atoms with van der Waals surface area (Å²) in [5, 5.41) is 0.761. The second kappa shape index (κ2) is 6.20. The third-order valence-corrected chi connectivity index (χ3v) is 3.66. The Morgan fingerprint density at radius 3 is 2.38 bits per heavy atom. The molecule has 0 unspecified atom stereocenters. The molecule has 0 amide bonds. The number of hydrogen-bond acceptors (Lipinski definition) is 5. The Labute approximate surface area is 139 Å². The third-order valence-electron chi connectivity index (χ3n) is 3.66. The Bertz CT molecular complexity index is 955. The van der Waals surface area contributed by atoms with Crippen LogP contribution in [0, 0.1) is 0 Å². The van der Waals surface area contributed by atoms with E-state index in [1.54, 1.807) is 18.2 Å². The van der Waals surface area contributed by atoms with E-state index >= 15 is 0 Å². The molecule has 1 heterocycles. The van der Waals surface area contributed by atoms with Crippen LogP contribution in [0.15, 0.2) is 57.7 Å². The van der Waals surface area contributed by atoms with Crippen LogP contribution in [0.5, 0.6) is 5.75 Å². The van der Waals surface area contributed by atoms with E-state index in [0.717, 1.165) is 16.6 Å². The molecular weight excluding hydrogens is 306 g/mol. The van der Waals surface area contributed by atoms with Gasteiger partial charge < -0.3 is 14.1 Å². The highest BCUT2D eigenvalue weighted by Crippen LogP contribution is 2.25. The Hall–Kier alpha value is -3.08. The maximum atomic E-state index is 12.3. The summed E-state index contributed by atoms with van der Waals surface area (Å²) in [5.41, 5.74) is 2.29. The molecule has 3 rings (SSSR count). The number of fused-ring (bicyclic) bond motifs is 1. The molecule has 3 aromatic rings. The summed E-state index contributed by atoms with van der Waals surface area (Å²) in [6.45, 7) is 1.32. The molecule has 0 fully saturated rings. The monoisotopic (exact) mass is 323 g/mol. The normalized spacial score (nSPS) is 10.6. The predicted octanol–water partition coefficient (Wildman–Crippen LogP) is 3.45. The summed E-state index contributed by atoms with van der Waals surface area (Å²) in [6, 6.07) is 14.4. The minimum Gasteiger partial charge on any atom is -0.427 e. The SMILES string of the molecule is CC(=O)Oc1ccc2cc(-c3ccc(N(C)C)cc3)c(=O)oc2c1. The van der Waals surface area contributed by atoms with E-state index in [1.807, 2.05) is 43.3 Å². The molecule has 122 valence electrons. The first-order valence-corrected chi connectivity index (χ1v) is 7.48. The van der Waals surface area contributed by atoms with E-state index in [2.05, 4.69) is 0 Å². The van der Waals surface area contributed by atoms with Crippen molar-refractivity contribution in [2.24, 2.45) is 0 Å². The van der Waals surface area contributed by atoms with E-state index in [1.165, 1.54) is 13.0 Å². The van der Waals surface area contributed by atoms with Crippen molar-refractivity contribution in [2.45, 2.75) is 6.92 Å². The van der Waals surface area contributed by atoms with Gasteiger partial charge >= 0.3 is 11.6 Å². The Balaban J connectivity index is 2.04. The first-order valence-electron chi connectivity index (χ1n) is 7.48. The molecule has 0 atom stereocenters. The fourth-order valence-electron chi connectivity index (χ4n) is 2.46. The molecule has 0 saturated heterocycles. The summed E-state index contributed by atoms with van der Waals surface area (Å²) >= 11 is 0. The zero-order valence-electron chi connectivity index (χ0n) is 13.7. The smallest absolute Gasteiger partial charge is 0.344 e. The number of nitrogens with zero attached hydrogens (tertiary/aromatic N) is 1. The van der Waals surface area contributed by atoms with Crippen molar-refractivity contribution in [1.82, 2.24) is 0 Å². The maximum absolute atomic E-state index is 12.3. The van der Waals surface area contributed by atoms with Crippen molar-refractivity contribution in [3.63, 3.8) is 0 Å². The van der Waals surface area contributed by atoms with Crippen LogP contribution in [0.3, 0.4) is 0 Å². The summed E-state index contributed by atoms with van der Waals surface area (Å²) < 4.78 is 10.4. The van der Waals surface area contributed by atoms with Crippen LogP contribution < -0.4 is 15.3 Å². The first kappa shape index (κ1) is 15.8. The topological polar surface area (TPSA) is 59.8 Å².